The molecule has 0 aliphatic carbocycles. The Morgan fingerprint density at radius 1 is 0.507 bits per heavy atom. The molecule has 0 aliphatic heterocycles. The van der Waals surface area contributed by atoms with Gasteiger partial charge in [0.25, 0.3) is 0 Å². The van der Waals surface area contributed by atoms with Gasteiger partial charge in [0, 0.05) is 12.2 Å². The average molecular weight is 1020 g/mol. The molecular weight excluding hydrogens is 953 g/mol. The van der Waals surface area contributed by atoms with E-state index in [0.29, 0.717) is 44.2 Å². The predicted molar refractivity (Wildman–Crippen MR) is 291 cm³/mol. The van der Waals surface area contributed by atoms with Crippen LogP contribution in [0.15, 0.2) is 184 Å². The Morgan fingerprint density at radius 3 is 1.36 bits per heavy atom. The van der Waals surface area contributed by atoms with Crippen molar-refractivity contribution in [2.24, 2.45) is 5.41 Å². The Morgan fingerprint density at radius 2 is 0.933 bits per heavy atom. The van der Waals surface area contributed by atoms with Crippen LogP contribution in [0.25, 0.3) is 22.3 Å². The monoisotopic (exact) mass is 1020 g/mol. The zero-order chi connectivity index (χ0) is 54.3. The van der Waals surface area contributed by atoms with Gasteiger partial charge < -0.3 is 37.9 Å². The summed E-state index contributed by atoms with van der Waals surface area (Å²) in [5.41, 5.74) is 3.05. The van der Waals surface area contributed by atoms with Crippen LogP contribution in [0.2, 0.25) is 0 Å². The second kappa shape index (κ2) is 32.9. The summed E-state index contributed by atoms with van der Waals surface area (Å²) in [5, 5.41) is 0. The van der Waals surface area contributed by atoms with Crippen molar-refractivity contribution in [3.05, 3.63) is 195 Å². The number of benzene rings is 4. The van der Waals surface area contributed by atoms with Gasteiger partial charge in [-0.15, -0.1) is 6.58 Å². The molecule has 0 amide bonds. The van der Waals surface area contributed by atoms with Gasteiger partial charge in [0.05, 0.1) is 50.8 Å². The van der Waals surface area contributed by atoms with E-state index < -0.39 is 35.3 Å². The number of carbonyl (C=O) groups is 5. The molecule has 75 heavy (non-hydrogen) atoms. The number of hydrogen-bond acceptors (Lipinski definition) is 13. The maximum Gasteiger partial charge on any atom is 0.343 e. The van der Waals surface area contributed by atoms with Gasteiger partial charge >= 0.3 is 29.8 Å². The maximum absolute atomic E-state index is 13.8. The highest BCUT2D eigenvalue weighted by Crippen LogP contribution is 2.35. The highest BCUT2D eigenvalue weighted by Gasteiger charge is 2.40. The first kappa shape index (κ1) is 59.5. The molecule has 0 radical (unpaired) electrons. The van der Waals surface area contributed by atoms with Crippen LogP contribution >= 0.6 is 0 Å². The number of unbranched alkanes of at least 4 members (excludes halogenated alkanes) is 6. The smallest absolute Gasteiger partial charge is 0.343 e. The standard InChI is InChI=1S/C62H70O13/c1-8-38-68-43-44-73-61(67)62(7,11-4)56(75-60(66)53-28-24-49(25-29-53)51-32-36-55(37-33-51)70-40-17-13-15-19-42-72-58(64)10-3)45-46(5)20-21-47(6)74-59(65)52-26-22-48(23-27-52)50-30-34-54(35-31-50)69-39-16-12-14-18-41-71-57(63)9-2/h8-10,20-37,45H,1-3,5-6,11-19,38-44H2,4,7H3/b21-20-,56-45+. The first-order valence-electron chi connectivity index (χ1n) is 25.1. The fourth-order valence-electron chi connectivity index (χ4n) is 7.07. The van der Waals surface area contributed by atoms with Gasteiger partial charge in [-0.05, 0) is 153 Å². The SMILES string of the molecule is C=CCOCCOC(=O)C(C)(CC)/C(=C\C(=C)/C=C\C(=C)OC(=O)c1ccc(-c2ccc(OCCCCCCOC(=O)C=C)cc2)cc1)OC(=O)c1ccc(-c2ccc(OCCCCCCOC(=O)C=C)cc2)cc1. The van der Waals surface area contributed by atoms with E-state index >= 15 is 0 Å². The highest BCUT2D eigenvalue weighted by atomic mass is 16.6. The molecular formula is C62H70O13. The Bertz CT molecular complexity index is 2590. The molecule has 0 N–H and O–H groups in total. The highest BCUT2D eigenvalue weighted by molar-refractivity contribution is 5.92. The molecule has 0 fully saturated rings. The summed E-state index contributed by atoms with van der Waals surface area (Å²) in [6.07, 6.45) is 15.6. The zero-order valence-corrected chi connectivity index (χ0v) is 43.4. The Balaban J connectivity index is 1.34. The molecule has 1 unspecified atom stereocenters. The van der Waals surface area contributed by atoms with Crippen LogP contribution in [0, 0.1) is 5.41 Å². The van der Waals surface area contributed by atoms with Gasteiger partial charge in [0.1, 0.15) is 35.0 Å². The fourth-order valence-corrected chi connectivity index (χ4v) is 7.07. The normalized spacial score (nSPS) is 11.8. The third-order valence-corrected chi connectivity index (χ3v) is 11.7. The molecule has 4 aromatic carbocycles. The quantitative estimate of drug-likeness (QED) is 0.00816. The third-order valence-electron chi connectivity index (χ3n) is 11.7. The number of esters is 5. The van der Waals surface area contributed by atoms with E-state index in [-0.39, 0.29) is 36.7 Å². The van der Waals surface area contributed by atoms with Crippen LogP contribution in [-0.2, 0) is 42.8 Å². The van der Waals surface area contributed by atoms with Crippen molar-refractivity contribution in [3.63, 3.8) is 0 Å². The van der Waals surface area contributed by atoms with Crippen molar-refractivity contribution < 1.29 is 61.9 Å². The summed E-state index contributed by atoms with van der Waals surface area (Å²) < 4.78 is 44.3. The minimum Gasteiger partial charge on any atom is -0.494 e. The van der Waals surface area contributed by atoms with Crippen molar-refractivity contribution in [1.82, 2.24) is 0 Å². The molecule has 4 rings (SSSR count). The van der Waals surface area contributed by atoms with Gasteiger partial charge in [0.15, 0.2) is 0 Å². The maximum atomic E-state index is 13.8. The van der Waals surface area contributed by atoms with Crippen molar-refractivity contribution in [2.75, 3.05) is 46.2 Å². The van der Waals surface area contributed by atoms with Crippen LogP contribution in [0.4, 0.5) is 0 Å². The van der Waals surface area contributed by atoms with Crippen molar-refractivity contribution in [1.29, 1.82) is 0 Å². The van der Waals surface area contributed by atoms with E-state index in [1.54, 1.807) is 56.3 Å². The molecule has 13 nitrogen and oxygen atoms in total. The minimum atomic E-state index is -1.42. The lowest BCUT2D eigenvalue weighted by atomic mass is 9.84. The van der Waals surface area contributed by atoms with Gasteiger partial charge in [-0.2, -0.15) is 0 Å². The summed E-state index contributed by atoms with van der Waals surface area (Å²) in [4.78, 5) is 62.9. The molecule has 0 aromatic heterocycles. The fraction of sp³-hybridized carbons (Fsp3) is 0.306. The molecule has 1 atom stereocenters. The summed E-state index contributed by atoms with van der Waals surface area (Å²) in [7, 11) is 0. The first-order chi connectivity index (χ1) is 36.3. The summed E-state index contributed by atoms with van der Waals surface area (Å²) >= 11 is 0. The molecule has 0 aliphatic rings. The summed E-state index contributed by atoms with van der Waals surface area (Å²) in [6.45, 7) is 24.1. The molecule has 4 aromatic rings. The minimum absolute atomic E-state index is 0.00539. The third kappa shape index (κ3) is 21.2. The van der Waals surface area contributed by atoms with Gasteiger partial charge in [-0.25, -0.2) is 19.2 Å². The number of carbonyl (C=O) groups excluding carboxylic acids is 5. The molecule has 0 saturated heterocycles. The summed E-state index contributed by atoms with van der Waals surface area (Å²) in [6, 6.07) is 29.2. The number of ether oxygens (including phenoxy) is 8. The van der Waals surface area contributed by atoms with Crippen molar-refractivity contribution in [2.45, 2.75) is 71.6 Å². The van der Waals surface area contributed by atoms with Gasteiger partial charge in [-0.3, -0.25) is 4.79 Å². The lowest BCUT2D eigenvalue weighted by molar-refractivity contribution is -0.156. The topological polar surface area (TPSA) is 159 Å². The second-order valence-corrected chi connectivity index (χ2v) is 17.3. The Hall–Kier alpha value is -8.03. The first-order valence-corrected chi connectivity index (χ1v) is 25.1. The molecule has 0 saturated carbocycles. The van der Waals surface area contributed by atoms with E-state index in [1.807, 2.05) is 60.7 Å². The molecule has 0 heterocycles. The van der Waals surface area contributed by atoms with Crippen LogP contribution in [0.5, 0.6) is 11.5 Å². The van der Waals surface area contributed by atoms with Crippen LogP contribution in [-0.4, -0.2) is 76.1 Å². The predicted octanol–water partition coefficient (Wildman–Crippen LogP) is 13.0. The van der Waals surface area contributed by atoms with E-state index in [0.717, 1.165) is 97.3 Å². The Labute approximate surface area is 441 Å². The second-order valence-electron chi connectivity index (χ2n) is 17.3. The zero-order valence-electron chi connectivity index (χ0n) is 43.4. The van der Waals surface area contributed by atoms with Crippen molar-refractivity contribution in [3.8, 4) is 33.8 Å². The van der Waals surface area contributed by atoms with Gasteiger partial charge in [0.2, 0.25) is 0 Å². The number of hydrogen-bond donors (Lipinski definition) is 0. The van der Waals surface area contributed by atoms with E-state index in [2.05, 4.69) is 32.9 Å². The molecule has 13 heteroatoms. The van der Waals surface area contributed by atoms with E-state index in [4.69, 9.17) is 37.9 Å². The van der Waals surface area contributed by atoms with Crippen LogP contribution in [0.3, 0.4) is 0 Å². The Kier molecular flexibility index (Phi) is 26.1. The molecule has 0 bridgehead atoms. The summed E-state index contributed by atoms with van der Waals surface area (Å²) in [5.74, 6) is -1.27. The lowest BCUT2D eigenvalue weighted by Gasteiger charge is -2.28. The molecule has 396 valence electrons. The van der Waals surface area contributed by atoms with Crippen molar-refractivity contribution >= 4 is 29.8 Å². The largest absolute Gasteiger partial charge is 0.494 e. The van der Waals surface area contributed by atoms with Gasteiger partial charge in [-0.1, -0.05) is 93.9 Å². The lowest BCUT2D eigenvalue weighted by Crippen LogP contribution is -2.34. The number of rotatable bonds is 35. The van der Waals surface area contributed by atoms with E-state index in [1.165, 1.54) is 18.2 Å². The van der Waals surface area contributed by atoms with E-state index in [9.17, 15) is 24.0 Å². The van der Waals surface area contributed by atoms with Crippen LogP contribution in [0.1, 0.15) is 92.4 Å². The number of allylic oxidation sites excluding steroid dienone is 4. The molecule has 0 spiro atoms. The average Bonchev–Trinajstić information content (AvgIpc) is 3.43. The van der Waals surface area contributed by atoms with Crippen LogP contribution < -0.4 is 9.47 Å².